The number of rotatable bonds is 5. The molecular weight excluding hydrogens is 317 g/mol. The number of hydrogen-bond donors (Lipinski definition) is 2. The van der Waals surface area contributed by atoms with Crippen molar-refractivity contribution in [3.05, 3.63) is 41.2 Å². The fourth-order valence-electron chi connectivity index (χ4n) is 1.63. The Labute approximate surface area is 128 Å². The highest BCUT2D eigenvalue weighted by Gasteiger charge is 2.30. The number of benzene rings is 1. The summed E-state index contributed by atoms with van der Waals surface area (Å²) in [5.74, 6) is 0.663. The average Bonchev–Trinajstić information content (AvgIpc) is 2.88. The minimum Gasteiger partial charge on any atom is -0.351 e. The molecule has 0 bridgehead atoms. The van der Waals surface area contributed by atoms with Gasteiger partial charge in [0.2, 0.25) is 5.16 Å². The van der Waals surface area contributed by atoms with Crippen LogP contribution in [0.4, 0.5) is 13.2 Å². The van der Waals surface area contributed by atoms with Crippen LogP contribution in [0.1, 0.15) is 21.7 Å². The van der Waals surface area contributed by atoms with Crippen molar-refractivity contribution >= 4 is 17.7 Å². The molecule has 0 radical (unpaired) electrons. The van der Waals surface area contributed by atoms with Crippen molar-refractivity contribution in [1.29, 1.82) is 0 Å². The summed E-state index contributed by atoms with van der Waals surface area (Å²) in [6.07, 6.45) is -4.46. The first kappa shape index (κ1) is 16.3. The van der Waals surface area contributed by atoms with Crippen LogP contribution in [-0.2, 0) is 6.18 Å². The minimum atomic E-state index is -4.46. The topological polar surface area (TPSA) is 70.7 Å². The molecule has 9 heteroatoms. The number of aryl methyl sites for hydroxylation is 1. The van der Waals surface area contributed by atoms with E-state index in [1.54, 1.807) is 6.92 Å². The van der Waals surface area contributed by atoms with E-state index in [-0.39, 0.29) is 5.56 Å². The number of carbonyl (C=O) groups is 1. The van der Waals surface area contributed by atoms with Gasteiger partial charge in [-0.25, -0.2) is 4.98 Å². The van der Waals surface area contributed by atoms with Crippen molar-refractivity contribution < 1.29 is 18.0 Å². The second-order valence-corrected chi connectivity index (χ2v) is 5.45. The molecule has 0 saturated carbocycles. The van der Waals surface area contributed by atoms with Gasteiger partial charge < -0.3 is 5.32 Å². The van der Waals surface area contributed by atoms with Crippen LogP contribution in [0.25, 0.3) is 0 Å². The van der Waals surface area contributed by atoms with Crippen LogP contribution < -0.4 is 5.32 Å². The van der Waals surface area contributed by atoms with E-state index in [0.29, 0.717) is 23.3 Å². The molecule has 1 heterocycles. The van der Waals surface area contributed by atoms with Crippen molar-refractivity contribution in [2.24, 2.45) is 0 Å². The number of aromatic amines is 1. The minimum absolute atomic E-state index is 0.0198. The smallest absolute Gasteiger partial charge is 0.351 e. The highest BCUT2D eigenvalue weighted by Crippen LogP contribution is 2.29. The first-order chi connectivity index (χ1) is 10.4. The van der Waals surface area contributed by atoms with E-state index in [1.165, 1.54) is 23.9 Å². The SMILES string of the molecule is Cc1nc(SCCNC(=O)c2cccc(C(F)(F)F)c2)n[nH]1. The van der Waals surface area contributed by atoms with Crippen LogP contribution in [0.5, 0.6) is 0 Å². The third kappa shape index (κ3) is 4.48. The number of amides is 1. The maximum Gasteiger partial charge on any atom is 0.416 e. The van der Waals surface area contributed by atoms with Crippen molar-refractivity contribution in [1.82, 2.24) is 20.5 Å². The van der Waals surface area contributed by atoms with E-state index in [4.69, 9.17) is 0 Å². The highest BCUT2D eigenvalue weighted by molar-refractivity contribution is 7.99. The molecule has 0 aliphatic rings. The molecule has 2 N–H and O–H groups in total. The Hall–Kier alpha value is -2.03. The van der Waals surface area contributed by atoms with E-state index in [0.717, 1.165) is 12.1 Å². The third-order valence-electron chi connectivity index (χ3n) is 2.65. The van der Waals surface area contributed by atoms with Crippen LogP contribution >= 0.6 is 11.8 Å². The van der Waals surface area contributed by atoms with E-state index in [9.17, 15) is 18.0 Å². The molecule has 1 aromatic carbocycles. The lowest BCUT2D eigenvalue weighted by atomic mass is 10.1. The molecule has 0 atom stereocenters. The summed E-state index contributed by atoms with van der Waals surface area (Å²) in [6, 6.07) is 4.32. The molecule has 0 saturated heterocycles. The number of thioether (sulfide) groups is 1. The number of aromatic nitrogens is 3. The molecule has 2 aromatic rings. The Morgan fingerprint density at radius 3 is 2.82 bits per heavy atom. The summed E-state index contributed by atoms with van der Waals surface area (Å²) < 4.78 is 37.7. The average molecular weight is 330 g/mol. The van der Waals surface area contributed by atoms with Crippen LogP contribution in [0.2, 0.25) is 0 Å². The molecule has 0 aliphatic carbocycles. The largest absolute Gasteiger partial charge is 0.416 e. The molecule has 1 aromatic heterocycles. The number of halogens is 3. The van der Waals surface area contributed by atoms with Crippen molar-refractivity contribution in [3.8, 4) is 0 Å². The van der Waals surface area contributed by atoms with Gasteiger partial charge in [-0.05, 0) is 25.1 Å². The normalized spacial score (nSPS) is 11.5. The molecule has 0 aliphatic heterocycles. The number of H-pyrrole nitrogens is 1. The molecule has 5 nitrogen and oxygen atoms in total. The zero-order valence-electron chi connectivity index (χ0n) is 11.6. The zero-order chi connectivity index (χ0) is 16.2. The predicted octanol–water partition coefficient (Wildman–Crippen LogP) is 2.65. The Morgan fingerprint density at radius 2 is 2.18 bits per heavy atom. The second kappa shape index (κ2) is 6.82. The maximum absolute atomic E-state index is 12.6. The second-order valence-electron chi connectivity index (χ2n) is 4.39. The predicted molar refractivity (Wildman–Crippen MR) is 75.6 cm³/mol. The maximum atomic E-state index is 12.6. The monoisotopic (exact) mass is 330 g/mol. The van der Waals surface area contributed by atoms with Crippen LogP contribution in [0.3, 0.4) is 0 Å². The molecule has 0 spiro atoms. The summed E-state index contributed by atoms with van der Waals surface area (Å²) in [7, 11) is 0. The number of carbonyl (C=O) groups excluding carboxylic acids is 1. The molecular formula is C13H13F3N4OS. The lowest BCUT2D eigenvalue weighted by Gasteiger charge is -2.09. The Morgan fingerprint density at radius 1 is 1.41 bits per heavy atom. The Kier molecular flexibility index (Phi) is 5.07. The third-order valence-corrected chi connectivity index (χ3v) is 3.50. The van der Waals surface area contributed by atoms with Gasteiger partial charge in [0.25, 0.3) is 5.91 Å². The summed E-state index contributed by atoms with van der Waals surface area (Å²) in [5.41, 5.74) is -0.862. The van der Waals surface area contributed by atoms with Gasteiger partial charge >= 0.3 is 6.18 Å². The molecule has 1 amide bonds. The van der Waals surface area contributed by atoms with E-state index < -0.39 is 17.6 Å². The van der Waals surface area contributed by atoms with E-state index in [1.807, 2.05) is 0 Å². The van der Waals surface area contributed by atoms with Gasteiger partial charge in [-0.1, -0.05) is 17.8 Å². The van der Waals surface area contributed by atoms with Crippen LogP contribution in [-0.4, -0.2) is 33.4 Å². The fraction of sp³-hybridized carbons (Fsp3) is 0.308. The molecule has 0 unspecified atom stereocenters. The van der Waals surface area contributed by atoms with Gasteiger partial charge in [-0.15, -0.1) is 5.10 Å². The van der Waals surface area contributed by atoms with Crippen molar-refractivity contribution in [2.45, 2.75) is 18.3 Å². The molecule has 118 valence electrons. The van der Waals surface area contributed by atoms with E-state index in [2.05, 4.69) is 20.5 Å². The summed E-state index contributed by atoms with van der Waals surface area (Å²) in [6.45, 7) is 2.07. The number of nitrogens with zero attached hydrogens (tertiary/aromatic N) is 2. The first-order valence-electron chi connectivity index (χ1n) is 6.33. The summed E-state index contributed by atoms with van der Waals surface area (Å²) in [4.78, 5) is 15.9. The number of nitrogens with one attached hydrogen (secondary N) is 2. The molecule has 0 fully saturated rings. The molecule has 2 rings (SSSR count). The Balaban J connectivity index is 1.84. The summed E-state index contributed by atoms with van der Waals surface area (Å²) in [5, 5.41) is 9.73. The Bertz CT molecular complexity index is 657. The number of hydrogen-bond acceptors (Lipinski definition) is 4. The standard InChI is InChI=1S/C13H13F3N4OS/c1-8-18-12(20-19-8)22-6-5-17-11(21)9-3-2-4-10(7-9)13(14,15)16/h2-4,7H,5-6H2,1H3,(H,17,21)(H,18,19,20). The van der Waals surface area contributed by atoms with E-state index >= 15 is 0 Å². The summed E-state index contributed by atoms with van der Waals surface area (Å²) >= 11 is 1.34. The van der Waals surface area contributed by atoms with Gasteiger partial charge in [-0.2, -0.15) is 13.2 Å². The van der Waals surface area contributed by atoms with Crippen LogP contribution in [0.15, 0.2) is 29.4 Å². The van der Waals surface area contributed by atoms with Crippen molar-refractivity contribution in [2.75, 3.05) is 12.3 Å². The lowest BCUT2D eigenvalue weighted by Crippen LogP contribution is -2.26. The van der Waals surface area contributed by atoms with Gasteiger partial charge in [-0.3, -0.25) is 9.89 Å². The van der Waals surface area contributed by atoms with Crippen molar-refractivity contribution in [3.63, 3.8) is 0 Å². The van der Waals surface area contributed by atoms with Gasteiger partial charge in [0.1, 0.15) is 5.82 Å². The first-order valence-corrected chi connectivity index (χ1v) is 7.32. The fourth-order valence-corrected chi connectivity index (χ4v) is 2.33. The van der Waals surface area contributed by atoms with Gasteiger partial charge in [0.15, 0.2) is 0 Å². The molecule has 22 heavy (non-hydrogen) atoms. The zero-order valence-corrected chi connectivity index (χ0v) is 12.4. The van der Waals surface area contributed by atoms with Crippen LogP contribution in [0, 0.1) is 6.92 Å². The lowest BCUT2D eigenvalue weighted by molar-refractivity contribution is -0.137. The highest BCUT2D eigenvalue weighted by atomic mass is 32.2. The number of alkyl halides is 3. The quantitative estimate of drug-likeness (QED) is 0.653. The van der Waals surface area contributed by atoms with Gasteiger partial charge in [0, 0.05) is 17.9 Å². The van der Waals surface area contributed by atoms with Gasteiger partial charge in [0.05, 0.1) is 5.56 Å².